The summed E-state index contributed by atoms with van der Waals surface area (Å²) in [6.07, 6.45) is 2.19. The highest BCUT2D eigenvalue weighted by Gasteiger charge is 2.00. The Hall–Kier alpha value is -2.04. The largest absolute Gasteiger partial charge is 0.469 e. The van der Waals surface area contributed by atoms with Crippen molar-refractivity contribution >= 4 is 11.9 Å². The van der Waals surface area contributed by atoms with Gasteiger partial charge in [0, 0.05) is 19.5 Å². The molecule has 0 atom stereocenters. The van der Waals surface area contributed by atoms with E-state index >= 15 is 0 Å². The van der Waals surface area contributed by atoms with Gasteiger partial charge in [0.1, 0.15) is 0 Å². The Morgan fingerprint density at radius 1 is 1.18 bits per heavy atom. The minimum Gasteiger partial charge on any atom is -0.469 e. The summed E-state index contributed by atoms with van der Waals surface area (Å²) in [5.74, 6) is 0.654. The van der Waals surface area contributed by atoms with Crippen LogP contribution < -0.4 is 10.6 Å². The standard InChI is InChI=1S/C17H27N3O2/c1-4-18-17(19-12-6-5-7-16(21)22-3)20-13-15-10-8-14(2)9-11-15/h8-11H,4-7,12-13H2,1-3H3,(H2,18,19,20). The summed E-state index contributed by atoms with van der Waals surface area (Å²) >= 11 is 0. The Labute approximate surface area is 133 Å². The summed E-state index contributed by atoms with van der Waals surface area (Å²) in [6.45, 7) is 6.38. The summed E-state index contributed by atoms with van der Waals surface area (Å²) in [7, 11) is 1.42. The van der Waals surface area contributed by atoms with Gasteiger partial charge in [-0.15, -0.1) is 0 Å². The van der Waals surface area contributed by atoms with E-state index < -0.39 is 0 Å². The molecule has 0 fully saturated rings. The van der Waals surface area contributed by atoms with Crippen LogP contribution in [0.1, 0.15) is 37.3 Å². The van der Waals surface area contributed by atoms with Crippen LogP contribution in [-0.4, -0.2) is 32.1 Å². The predicted molar refractivity (Wildman–Crippen MR) is 89.9 cm³/mol. The molecule has 0 aromatic heterocycles. The van der Waals surface area contributed by atoms with E-state index in [-0.39, 0.29) is 5.97 Å². The molecule has 1 aromatic rings. The number of benzene rings is 1. The molecule has 0 aliphatic rings. The molecule has 2 N–H and O–H groups in total. The Balaban J connectivity index is 2.35. The number of ether oxygens (including phenoxy) is 1. The molecular formula is C17H27N3O2. The van der Waals surface area contributed by atoms with Gasteiger partial charge in [-0.1, -0.05) is 29.8 Å². The zero-order chi connectivity index (χ0) is 16.2. The Morgan fingerprint density at radius 3 is 2.55 bits per heavy atom. The number of hydrogen-bond acceptors (Lipinski definition) is 3. The maximum absolute atomic E-state index is 11.0. The van der Waals surface area contributed by atoms with Gasteiger partial charge in [0.2, 0.25) is 0 Å². The molecule has 0 amide bonds. The van der Waals surface area contributed by atoms with Crippen molar-refractivity contribution in [2.24, 2.45) is 4.99 Å². The third kappa shape index (κ3) is 7.67. The van der Waals surface area contributed by atoms with Crippen molar-refractivity contribution in [2.75, 3.05) is 20.2 Å². The average molecular weight is 305 g/mol. The molecule has 0 spiro atoms. The number of nitrogens with zero attached hydrogens (tertiary/aromatic N) is 1. The summed E-state index contributed by atoms with van der Waals surface area (Å²) in [6, 6.07) is 8.38. The third-order valence-electron chi connectivity index (χ3n) is 3.21. The third-order valence-corrected chi connectivity index (χ3v) is 3.21. The zero-order valence-corrected chi connectivity index (χ0v) is 13.8. The lowest BCUT2D eigenvalue weighted by atomic mass is 10.1. The van der Waals surface area contributed by atoms with Gasteiger partial charge in [-0.3, -0.25) is 4.79 Å². The molecule has 0 bridgehead atoms. The first-order chi connectivity index (χ1) is 10.7. The topological polar surface area (TPSA) is 62.7 Å². The van der Waals surface area contributed by atoms with Crippen LogP contribution in [0.5, 0.6) is 0 Å². The molecule has 1 aromatic carbocycles. The molecule has 0 heterocycles. The van der Waals surface area contributed by atoms with E-state index in [2.05, 4.69) is 51.6 Å². The number of methoxy groups -OCH3 is 1. The number of aliphatic imine (C=N–C) groups is 1. The van der Waals surface area contributed by atoms with Crippen molar-refractivity contribution in [1.82, 2.24) is 10.6 Å². The van der Waals surface area contributed by atoms with Crippen molar-refractivity contribution in [3.8, 4) is 0 Å². The second-order valence-corrected chi connectivity index (χ2v) is 5.14. The summed E-state index contributed by atoms with van der Waals surface area (Å²) < 4.78 is 4.62. The lowest BCUT2D eigenvalue weighted by molar-refractivity contribution is -0.140. The number of carbonyl (C=O) groups excluding carboxylic acids is 1. The lowest BCUT2D eigenvalue weighted by Crippen LogP contribution is -2.37. The van der Waals surface area contributed by atoms with E-state index in [0.29, 0.717) is 13.0 Å². The number of esters is 1. The van der Waals surface area contributed by atoms with Crippen molar-refractivity contribution in [3.05, 3.63) is 35.4 Å². The monoisotopic (exact) mass is 305 g/mol. The highest BCUT2D eigenvalue weighted by molar-refractivity contribution is 5.79. The zero-order valence-electron chi connectivity index (χ0n) is 13.8. The van der Waals surface area contributed by atoms with Crippen LogP contribution in [0.3, 0.4) is 0 Å². The van der Waals surface area contributed by atoms with E-state index in [1.807, 2.05) is 6.92 Å². The maximum Gasteiger partial charge on any atom is 0.305 e. The van der Waals surface area contributed by atoms with Crippen LogP contribution in [0.4, 0.5) is 0 Å². The number of hydrogen-bond donors (Lipinski definition) is 2. The molecule has 1 rings (SSSR count). The molecule has 0 unspecified atom stereocenters. The summed E-state index contributed by atoms with van der Waals surface area (Å²) in [5.41, 5.74) is 2.44. The normalized spacial score (nSPS) is 11.1. The van der Waals surface area contributed by atoms with Gasteiger partial charge in [-0.25, -0.2) is 4.99 Å². The second kappa shape index (κ2) is 10.7. The fourth-order valence-corrected chi connectivity index (χ4v) is 1.91. The van der Waals surface area contributed by atoms with Crippen LogP contribution in [0, 0.1) is 6.92 Å². The van der Waals surface area contributed by atoms with E-state index in [9.17, 15) is 4.79 Å². The minimum absolute atomic E-state index is 0.153. The molecule has 0 aliphatic carbocycles. The average Bonchev–Trinajstić information content (AvgIpc) is 2.53. The van der Waals surface area contributed by atoms with Gasteiger partial charge in [0.15, 0.2) is 5.96 Å². The van der Waals surface area contributed by atoms with Gasteiger partial charge in [0.05, 0.1) is 13.7 Å². The quantitative estimate of drug-likeness (QED) is 0.335. The molecule has 5 nitrogen and oxygen atoms in total. The summed E-state index contributed by atoms with van der Waals surface area (Å²) in [4.78, 5) is 15.6. The molecule has 5 heteroatoms. The number of guanidine groups is 1. The lowest BCUT2D eigenvalue weighted by Gasteiger charge is -2.11. The van der Waals surface area contributed by atoms with Gasteiger partial charge in [-0.2, -0.15) is 0 Å². The van der Waals surface area contributed by atoms with Crippen molar-refractivity contribution in [1.29, 1.82) is 0 Å². The molecule has 0 aliphatic heterocycles. The highest BCUT2D eigenvalue weighted by Crippen LogP contribution is 2.04. The first-order valence-electron chi connectivity index (χ1n) is 7.80. The molecule has 22 heavy (non-hydrogen) atoms. The van der Waals surface area contributed by atoms with E-state index in [4.69, 9.17) is 0 Å². The van der Waals surface area contributed by atoms with E-state index in [1.165, 1.54) is 18.2 Å². The van der Waals surface area contributed by atoms with Crippen molar-refractivity contribution in [2.45, 2.75) is 39.7 Å². The Kier molecular flexibility index (Phi) is 8.72. The number of unbranched alkanes of at least 4 members (excludes halogenated alkanes) is 1. The number of rotatable bonds is 8. The number of nitrogens with one attached hydrogen (secondary N) is 2. The van der Waals surface area contributed by atoms with Gasteiger partial charge in [-0.05, 0) is 32.3 Å². The van der Waals surface area contributed by atoms with Crippen LogP contribution >= 0.6 is 0 Å². The second-order valence-electron chi connectivity index (χ2n) is 5.14. The van der Waals surface area contributed by atoms with Crippen LogP contribution in [0.15, 0.2) is 29.3 Å². The van der Waals surface area contributed by atoms with Gasteiger partial charge < -0.3 is 15.4 Å². The van der Waals surface area contributed by atoms with Crippen molar-refractivity contribution < 1.29 is 9.53 Å². The SMILES string of the molecule is CCNC(=NCc1ccc(C)cc1)NCCCCC(=O)OC. The Morgan fingerprint density at radius 2 is 1.91 bits per heavy atom. The van der Waals surface area contributed by atoms with Crippen molar-refractivity contribution in [3.63, 3.8) is 0 Å². The predicted octanol–water partition coefficient (Wildman–Crippen LogP) is 2.39. The summed E-state index contributed by atoms with van der Waals surface area (Å²) in [5, 5.41) is 6.50. The fraction of sp³-hybridized carbons (Fsp3) is 0.529. The molecule has 0 saturated heterocycles. The maximum atomic E-state index is 11.0. The molecular weight excluding hydrogens is 278 g/mol. The smallest absolute Gasteiger partial charge is 0.305 e. The van der Waals surface area contributed by atoms with Crippen LogP contribution in [0.25, 0.3) is 0 Å². The molecule has 0 saturated carbocycles. The highest BCUT2D eigenvalue weighted by atomic mass is 16.5. The number of carbonyl (C=O) groups is 1. The van der Waals surface area contributed by atoms with Crippen LogP contribution in [-0.2, 0) is 16.1 Å². The number of aryl methyl sites for hydroxylation is 1. The minimum atomic E-state index is -0.153. The Bertz CT molecular complexity index is 469. The first kappa shape index (κ1) is 18.0. The van der Waals surface area contributed by atoms with E-state index in [0.717, 1.165) is 31.9 Å². The first-order valence-corrected chi connectivity index (χ1v) is 7.80. The van der Waals surface area contributed by atoms with Crippen LogP contribution in [0.2, 0.25) is 0 Å². The van der Waals surface area contributed by atoms with E-state index in [1.54, 1.807) is 0 Å². The van der Waals surface area contributed by atoms with Gasteiger partial charge >= 0.3 is 5.97 Å². The molecule has 122 valence electrons. The fourth-order valence-electron chi connectivity index (χ4n) is 1.91. The van der Waals surface area contributed by atoms with Gasteiger partial charge in [0.25, 0.3) is 0 Å². The molecule has 0 radical (unpaired) electrons.